The second kappa shape index (κ2) is 11.5. The maximum Gasteiger partial charge on any atom is 0.326 e. The third-order valence-corrected chi connectivity index (χ3v) is 3.31. The zero-order valence-electron chi connectivity index (χ0n) is 12.8. The van der Waals surface area contributed by atoms with Gasteiger partial charge in [0.25, 0.3) is 0 Å². The van der Waals surface area contributed by atoms with Crippen molar-refractivity contribution in [3.8, 4) is 0 Å². The minimum Gasteiger partial charge on any atom is -0.480 e. The average molecular weight is 288 g/mol. The minimum atomic E-state index is -1.05. The van der Waals surface area contributed by atoms with Gasteiger partial charge < -0.3 is 20.5 Å². The predicted octanol–water partition coefficient (Wildman–Crippen LogP) is 1.99. The first-order valence-corrected chi connectivity index (χ1v) is 7.31. The van der Waals surface area contributed by atoms with Gasteiger partial charge in [-0.1, -0.05) is 33.1 Å². The van der Waals surface area contributed by atoms with Gasteiger partial charge >= 0.3 is 12.0 Å². The molecule has 0 aliphatic heterocycles. The van der Waals surface area contributed by atoms with Crippen molar-refractivity contribution in [1.82, 2.24) is 10.6 Å². The monoisotopic (exact) mass is 288 g/mol. The number of urea groups is 1. The van der Waals surface area contributed by atoms with E-state index in [0.29, 0.717) is 19.1 Å². The third-order valence-electron chi connectivity index (χ3n) is 3.31. The number of aliphatic carboxylic acids is 1. The lowest BCUT2D eigenvalue weighted by Crippen LogP contribution is -2.47. The van der Waals surface area contributed by atoms with Crippen molar-refractivity contribution in [2.45, 2.75) is 52.0 Å². The number of amides is 2. The molecule has 3 N–H and O–H groups in total. The van der Waals surface area contributed by atoms with Crippen LogP contribution in [0.3, 0.4) is 0 Å². The topological polar surface area (TPSA) is 87.7 Å². The number of unbranched alkanes of at least 4 members (excludes halogenated alkanes) is 1. The van der Waals surface area contributed by atoms with Crippen LogP contribution < -0.4 is 10.6 Å². The summed E-state index contributed by atoms with van der Waals surface area (Å²) in [6, 6.07) is -1.34. The van der Waals surface area contributed by atoms with Crippen LogP contribution in [0.1, 0.15) is 46.0 Å². The normalized spacial score (nSPS) is 13.6. The molecule has 2 amide bonds. The van der Waals surface area contributed by atoms with E-state index in [9.17, 15) is 9.59 Å². The van der Waals surface area contributed by atoms with Crippen LogP contribution in [0.5, 0.6) is 0 Å². The van der Waals surface area contributed by atoms with Gasteiger partial charge in [0.2, 0.25) is 0 Å². The number of carbonyl (C=O) groups excluding carboxylic acids is 1. The highest BCUT2D eigenvalue weighted by Crippen LogP contribution is 2.11. The molecule has 0 aromatic heterocycles. The van der Waals surface area contributed by atoms with E-state index in [4.69, 9.17) is 9.84 Å². The summed E-state index contributed by atoms with van der Waals surface area (Å²) in [5.74, 6) is -0.599. The van der Waals surface area contributed by atoms with Crippen molar-refractivity contribution in [3.05, 3.63) is 0 Å². The predicted molar refractivity (Wildman–Crippen MR) is 77.8 cm³/mol. The van der Waals surface area contributed by atoms with Crippen LogP contribution in [0, 0.1) is 5.92 Å². The van der Waals surface area contributed by atoms with Gasteiger partial charge in [-0.2, -0.15) is 0 Å². The largest absolute Gasteiger partial charge is 0.480 e. The van der Waals surface area contributed by atoms with Crippen molar-refractivity contribution < 1.29 is 19.4 Å². The maximum absolute atomic E-state index is 11.7. The summed E-state index contributed by atoms with van der Waals surface area (Å²) >= 11 is 0. The molecule has 6 heteroatoms. The number of methoxy groups -OCH3 is 1. The van der Waals surface area contributed by atoms with Gasteiger partial charge in [-0.25, -0.2) is 9.59 Å². The Morgan fingerprint density at radius 3 is 2.45 bits per heavy atom. The Bertz CT molecular complexity index is 284. The van der Waals surface area contributed by atoms with Gasteiger partial charge in [0, 0.05) is 26.7 Å². The molecule has 0 radical (unpaired) electrons. The van der Waals surface area contributed by atoms with E-state index in [0.717, 1.165) is 25.7 Å². The molecular weight excluding hydrogens is 260 g/mol. The molecule has 2 unspecified atom stereocenters. The first kappa shape index (κ1) is 18.7. The van der Waals surface area contributed by atoms with Crippen molar-refractivity contribution in [2.24, 2.45) is 5.92 Å². The number of carboxylic acid groups (broad SMARTS) is 1. The highest BCUT2D eigenvalue weighted by molar-refractivity contribution is 5.82. The summed E-state index contributed by atoms with van der Waals surface area (Å²) in [6.07, 6.45) is 4.63. The second-order valence-corrected chi connectivity index (χ2v) is 4.94. The molecule has 0 rings (SSSR count). The van der Waals surface area contributed by atoms with E-state index >= 15 is 0 Å². The van der Waals surface area contributed by atoms with E-state index in [-0.39, 0.29) is 6.42 Å². The lowest BCUT2D eigenvalue weighted by Gasteiger charge is -2.18. The molecule has 20 heavy (non-hydrogen) atoms. The van der Waals surface area contributed by atoms with Crippen molar-refractivity contribution >= 4 is 12.0 Å². The van der Waals surface area contributed by atoms with Crippen LogP contribution in [-0.4, -0.2) is 43.4 Å². The molecule has 2 atom stereocenters. The molecular formula is C14H28N2O4. The Balaban J connectivity index is 4.07. The summed E-state index contributed by atoms with van der Waals surface area (Å²) in [4.78, 5) is 22.7. The standard InChI is InChI=1S/C14H28N2O4/c1-4-6-7-11(5-2)10-15-14(19)16-12(13(17)18)8-9-20-3/h11-12H,4-10H2,1-3H3,(H,17,18)(H2,15,16,19). The fourth-order valence-corrected chi connectivity index (χ4v) is 1.88. The number of nitrogens with one attached hydrogen (secondary N) is 2. The van der Waals surface area contributed by atoms with Gasteiger partial charge in [0.1, 0.15) is 6.04 Å². The van der Waals surface area contributed by atoms with Crippen molar-refractivity contribution in [1.29, 1.82) is 0 Å². The Morgan fingerprint density at radius 2 is 1.95 bits per heavy atom. The third kappa shape index (κ3) is 8.74. The van der Waals surface area contributed by atoms with Crippen LogP contribution in [-0.2, 0) is 9.53 Å². The second-order valence-electron chi connectivity index (χ2n) is 4.94. The molecule has 0 aromatic rings. The van der Waals surface area contributed by atoms with Gasteiger partial charge in [-0.15, -0.1) is 0 Å². The van der Waals surface area contributed by atoms with E-state index in [1.807, 2.05) is 0 Å². The molecule has 0 aromatic carbocycles. The summed E-state index contributed by atoms with van der Waals surface area (Å²) in [7, 11) is 1.50. The molecule has 0 saturated carbocycles. The Kier molecular flexibility index (Phi) is 10.8. The first-order chi connectivity index (χ1) is 9.54. The summed E-state index contributed by atoms with van der Waals surface area (Å²) < 4.78 is 4.83. The van der Waals surface area contributed by atoms with Gasteiger partial charge in [-0.05, 0) is 12.3 Å². The van der Waals surface area contributed by atoms with Gasteiger partial charge in [0.05, 0.1) is 0 Å². The maximum atomic E-state index is 11.7. The lowest BCUT2D eigenvalue weighted by atomic mass is 9.99. The highest BCUT2D eigenvalue weighted by atomic mass is 16.5. The molecule has 0 heterocycles. The number of rotatable bonds is 11. The van der Waals surface area contributed by atoms with Gasteiger partial charge in [-0.3, -0.25) is 0 Å². The summed E-state index contributed by atoms with van der Waals surface area (Å²) in [5, 5.41) is 14.2. The fraction of sp³-hybridized carbons (Fsp3) is 0.857. The number of ether oxygens (including phenoxy) is 1. The van der Waals surface area contributed by atoms with E-state index in [1.165, 1.54) is 7.11 Å². The zero-order valence-corrected chi connectivity index (χ0v) is 12.8. The first-order valence-electron chi connectivity index (χ1n) is 7.31. The van der Waals surface area contributed by atoms with Crippen LogP contribution >= 0.6 is 0 Å². The SMILES string of the molecule is CCCCC(CC)CNC(=O)NC(CCOC)C(=O)O. The van der Waals surface area contributed by atoms with Crippen LogP contribution in [0.15, 0.2) is 0 Å². The Morgan fingerprint density at radius 1 is 1.25 bits per heavy atom. The van der Waals surface area contributed by atoms with E-state index < -0.39 is 18.0 Å². The number of carboxylic acids is 1. The van der Waals surface area contributed by atoms with Gasteiger partial charge in [0.15, 0.2) is 0 Å². The number of carbonyl (C=O) groups is 2. The molecule has 0 bridgehead atoms. The quantitative estimate of drug-likeness (QED) is 0.542. The van der Waals surface area contributed by atoms with E-state index in [2.05, 4.69) is 24.5 Å². The van der Waals surface area contributed by atoms with E-state index in [1.54, 1.807) is 0 Å². The molecule has 0 spiro atoms. The smallest absolute Gasteiger partial charge is 0.326 e. The molecule has 0 aliphatic carbocycles. The number of hydrogen-bond donors (Lipinski definition) is 3. The molecule has 0 saturated heterocycles. The summed E-state index contributed by atoms with van der Waals surface area (Å²) in [6.45, 7) is 5.11. The molecule has 0 fully saturated rings. The van der Waals surface area contributed by atoms with Crippen molar-refractivity contribution in [3.63, 3.8) is 0 Å². The highest BCUT2D eigenvalue weighted by Gasteiger charge is 2.19. The van der Waals surface area contributed by atoms with Crippen LogP contribution in [0.2, 0.25) is 0 Å². The number of hydrogen-bond acceptors (Lipinski definition) is 3. The average Bonchev–Trinajstić information content (AvgIpc) is 2.43. The molecule has 0 aliphatic rings. The molecule has 6 nitrogen and oxygen atoms in total. The Hall–Kier alpha value is -1.30. The fourth-order valence-electron chi connectivity index (χ4n) is 1.88. The minimum absolute atomic E-state index is 0.256. The lowest BCUT2D eigenvalue weighted by molar-refractivity contribution is -0.139. The van der Waals surface area contributed by atoms with Crippen LogP contribution in [0.4, 0.5) is 4.79 Å². The molecule has 118 valence electrons. The van der Waals surface area contributed by atoms with Crippen LogP contribution in [0.25, 0.3) is 0 Å². The Labute approximate surface area is 121 Å². The van der Waals surface area contributed by atoms with Crippen molar-refractivity contribution in [2.75, 3.05) is 20.3 Å². The zero-order chi connectivity index (χ0) is 15.4. The summed E-state index contributed by atoms with van der Waals surface area (Å²) in [5.41, 5.74) is 0.